The van der Waals surface area contributed by atoms with Crippen LogP contribution in [-0.2, 0) is 0 Å². The molecular formula is C65H47N3. The molecule has 0 radical (unpaired) electrons. The summed E-state index contributed by atoms with van der Waals surface area (Å²) in [5, 5.41) is 0. The summed E-state index contributed by atoms with van der Waals surface area (Å²) in [6.07, 6.45) is 6.14. The number of rotatable bonds is 10. The van der Waals surface area contributed by atoms with Crippen molar-refractivity contribution in [1.29, 1.82) is 0 Å². The highest BCUT2D eigenvalue weighted by Gasteiger charge is 2.20. The Morgan fingerprint density at radius 1 is 0.206 bits per heavy atom. The first-order valence-electron chi connectivity index (χ1n) is 23.2. The van der Waals surface area contributed by atoms with Crippen LogP contribution < -0.4 is 0 Å². The van der Waals surface area contributed by atoms with Crippen LogP contribution in [0.5, 0.6) is 0 Å². The fourth-order valence-electron chi connectivity index (χ4n) is 9.51. The minimum absolute atomic E-state index is 0.936. The van der Waals surface area contributed by atoms with Crippen LogP contribution in [0.15, 0.2) is 249 Å². The quantitative estimate of drug-likeness (QED) is 0.137. The highest BCUT2D eigenvalue weighted by atomic mass is 14.7. The minimum atomic E-state index is 0.936. The number of aryl methyl sites for hydroxylation is 2. The lowest BCUT2D eigenvalue weighted by Gasteiger charge is -2.20. The normalized spacial score (nSPS) is 11.1. The second kappa shape index (κ2) is 18.6. The van der Waals surface area contributed by atoms with Gasteiger partial charge in [-0.3, -0.25) is 15.0 Å². The van der Waals surface area contributed by atoms with Crippen molar-refractivity contribution in [2.75, 3.05) is 0 Å². The first-order valence-corrected chi connectivity index (χ1v) is 23.2. The van der Waals surface area contributed by atoms with E-state index in [1.165, 1.54) is 11.1 Å². The molecule has 3 aromatic heterocycles. The molecular weight excluding hydrogens is 823 g/mol. The Kier molecular flexibility index (Phi) is 11.5. The largest absolute Gasteiger partial charge is 0.256 e. The Balaban J connectivity index is 1.11. The van der Waals surface area contributed by atoms with Crippen molar-refractivity contribution in [3.63, 3.8) is 0 Å². The van der Waals surface area contributed by atoms with Crippen LogP contribution in [0.25, 0.3) is 112 Å². The number of hydrogen-bond acceptors (Lipinski definition) is 3. The molecule has 3 heteroatoms. The van der Waals surface area contributed by atoms with Gasteiger partial charge in [0.15, 0.2) is 0 Å². The van der Waals surface area contributed by atoms with Gasteiger partial charge in [-0.15, -0.1) is 0 Å². The van der Waals surface area contributed by atoms with Crippen molar-refractivity contribution in [2.24, 2.45) is 0 Å². The summed E-state index contributed by atoms with van der Waals surface area (Å²) in [6, 6.07) is 81.9. The fraction of sp³-hybridized carbons (Fsp3) is 0.0308. The van der Waals surface area contributed by atoms with Crippen LogP contribution in [0.2, 0.25) is 0 Å². The number of aromatic nitrogens is 3. The lowest BCUT2D eigenvalue weighted by Crippen LogP contribution is -1.95. The molecule has 68 heavy (non-hydrogen) atoms. The monoisotopic (exact) mass is 869 g/mol. The molecule has 0 N–H and O–H groups in total. The second-order valence-electron chi connectivity index (χ2n) is 17.3. The van der Waals surface area contributed by atoms with Gasteiger partial charge in [-0.05, 0) is 123 Å². The molecule has 3 heterocycles. The molecule has 0 aliphatic carbocycles. The number of benzene rings is 8. The lowest BCUT2D eigenvalue weighted by molar-refractivity contribution is 1.29. The standard InChI is InChI=1S/C65H47N3/c1-44-35-63(47-23-9-4-10-24-47)66-41-60(44)56-32-18-15-29-53(56)50-37-51(54-30-16-19-33-57(54)61-42-67-64(36-45(61)2)48-25-11-5-12-26-48)39-52(38-50)55-31-17-20-34-58(55)62-43-68-65(49-27-13-6-14-28-49)40-59(62)46-21-7-3-8-22-46/h3-43H,1-2H3. The van der Waals surface area contributed by atoms with Gasteiger partial charge in [0.1, 0.15) is 0 Å². The molecule has 0 saturated carbocycles. The van der Waals surface area contributed by atoms with E-state index in [0.717, 1.165) is 112 Å². The van der Waals surface area contributed by atoms with E-state index in [1.807, 2.05) is 30.6 Å². The van der Waals surface area contributed by atoms with Crippen molar-refractivity contribution in [3.8, 4) is 112 Å². The Labute approximate surface area is 398 Å². The summed E-state index contributed by atoms with van der Waals surface area (Å²) in [7, 11) is 0. The molecule has 0 unspecified atom stereocenters. The van der Waals surface area contributed by atoms with Gasteiger partial charge in [0.2, 0.25) is 0 Å². The molecule has 0 spiro atoms. The zero-order valence-corrected chi connectivity index (χ0v) is 38.0. The van der Waals surface area contributed by atoms with E-state index in [2.05, 4.69) is 232 Å². The predicted octanol–water partition coefficient (Wildman–Crippen LogP) is 17.2. The van der Waals surface area contributed by atoms with Gasteiger partial charge in [0, 0.05) is 52.0 Å². The van der Waals surface area contributed by atoms with Crippen LogP contribution in [0, 0.1) is 13.8 Å². The van der Waals surface area contributed by atoms with E-state index < -0.39 is 0 Å². The smallest absolute Gasteiger partial charge is 0.0708 e. The van der Waals surface area contributed by atoms with Gasteiger partial charge in [0.05, 0.1) is 17.1 Å². The average Bonchev–Trinajstić information content (AvgIpc) is 3.41. The third kappa shape index (κ3) is 8.34. The molecule has 0 amide bonds. The minimum Gasteiger partial charge on any atom is -0.256 e. The highest BCUT2D eigenvalue weighted by Crippen LogP contribution is 2.45. The maximum absolute atomic E-state index is 5.12. The van der Waals surface area contributed by atoms with E-state index in [4.69, 9.17) is 15.0 Å². The fourth-order valence-corrected chi connectivity index (χ4v) is 9.51. The third-order valence-electron chi connectivity index (χ3n) is 12.9. The summed E-state index contributed by atoms with van der Waals surface area (Å²) < 4.78 is 0. The molecule has 3 nitrogen and oxygen atoms in total. The van der Waals surface area contributed by atoms with Gasteiger partial charge in [-0.25, -0.2) is 0 Å². The molecule has 0 saturated heterocycles. The SMILES string of the molecule is Cc1cc(-c2ccccc2)ncc1-c1ccccc1-c1cc(-c2ccccc2-c2cnc(-c3ccccc3)cc2C)cc(-c2ccccc2-c2cnc(-c3ccccc3)cc2-c2ccccc2)c1. The summed E-state index contributed by atoms with van der Waals surface area (Å²) >= 11 is 0. The van der Waals surface area contributed by atoms with E-state index >= 15 is 0 Å². The molecule has 8 aromatic carbocycles. The van der Waals surface area contributed by atoms with Crippen molar-refractivity contribution in [3.05, 3.63) is 260 Å². The highest BCUT2D eigenvalue weighted by molar-refractivity contribution is 5.97. The van der Waals surface area contributed by atoms with E-state index in [-0.39, 0.29) is 0 Å². The van der Waals surface area contributed by atoms with Gasteiger partial charge in [0.25, 0.3) is 0 Å². The first kappa shape index (κ1) is 41.9. The van der Waals surface area contributed by atoms with E-state index in [1.54, 1.807) is 0 Å². The van der Waals surface area contributed by atoms with Crippen LogP contribution in [0.1, 0.15) is 11.1 Å². The molecule has 0 aliphatic rings. The van der Waals surface area contributed by atoms with Crippen LogP contribution in [0.3, 0.4) is 0 Å². The van der Waals surface area contributed by atoms with Crippen LogP contribution >= 0.6 is 0 Å². The summed E-state index contributed by atoms with van der Waals surface area (Å²) in [6.45, 7) is 4.38. The maximum Gasteiger partial charge on any atom is 0.0708 e. The summed E-state index contributed by atoms with van der Waals surface area (Å²) in [5.74, 6) is 0. The van der Waals surface area contributed by atoms with Crippen molar-refractivity contribution in [2.45, 2.75) is 13.8 Å². The summed E-state index contributed by atoms with van der Waals surface area (Å²) in [4.78, 5) is 15.2. The Morgan fingerprint density at radius 3 is 0.838 bits per heavy atom. The molecule has 0 atom stereocenters. The molecule has 0 fully saturated rings. The summed E-state index contributed by atoms with van der Waals surface area (Å²) in [5.41, 5.74) is 24.1. The Morgan fingerprint density at radius 2 is 0.485 bits per heavy atom. The number of pyridine rings is 3. The van der Waals surface area contributed by atoms with Gasteiger partial charge < -0.3 is 0 Å². The molecule has 0 aliphatic heterocycles. The van der Waals surface area contributed by atoms with Crippen molar-refractivity contribution < 1.29 is 0 Å². The van der Waals surface area contributed by atoms with Gasteiger partial charge in [-0.2, -0.15) is 0 Å². The zero-order valence-electron chi connectivity index (χ0n) is 38.0. The van der Waals surface area contributed by atoms with Gasteiger partial charge >= 0.3 is 0 Å². The first-order chi connectivity index (χ1) is 33.6. The molecule has 11 rings (SSSR count). The van der Waals surface area contributed by atoms with Crippen molar-refractivity contribution in [1.82, 2.24) is 15.0 Å². The third-order valence-corrected chi connectivity index (χ3v) is 12.9. The maximum atomic E-state index is 5.12. The van der Waals surface area contributed by atoms with E-state index in [9.17, 15) is 0 Å². The number of nitrogens with zero attached hydrogens (tertiary/aromatic N) is 3. The van der Waals surface area contributed by atoms with Crippen molar-refractivity contribution >= 4 is 0 Å². The van der Waals surface area contributed by atoms with Crippen LogP contribution in [0.4, 0.5) is 0 Å². The molecule has 11 aromatic rings. The van der Waals surface area contributed by atoms with Crippen LogP contribution in [-0.4, -0.2) is 15.0 Å². The second-order valence-corrected chi connectivity index (χ2v) is 17.3. The average molecular weight is 870 g/mol. The van der Waals surface area contributed by atoms with Gasteiger partial charge in [-0.1, -0.05) is 194 Å². The molecule has 0 bridgehead atoms. The topological polar surface area (TPSA) is 38.7 Å². The molecule has 322 valence electrons. The zero-order chi connectivity index (χ0) is 45.8. The predicted molar refractivity (Wildman–Crippen MR) is 284 cm³/mol. The number of hydrogen-bond donors (Lipinski definition) is 0. The Bertz CT molecular complexity index is 3410. The lowest BCUT2D eigenvalue weighted by atomic mass is 9.85. The Hall–Kier alpha value is -8.79. The van der Waals surface area contributed by atoms with E-state index in [0.29, 0.717) is 0 Å².